The summed E-state index contributed by atoms with van der Waals surface area (Å²) in [6, 6.07) is 27.5. The molecule has 2 N–H and O–H groups in total. The van der Waals surface area contributed by atoms with E-state index < -0.39 is 10.0 Å². The molecule has 2 aliphatic rings. The number of fused-ring (bicyclic) bond motifs is 1. The first-order valence-corrected chi connectivity index (χ1v) is 16.1. The average Bonchev–Trinajstić information content (AvgIpc) is 3.04. The number of hydrogen-bond donors (Lipinski definition) is 2. The molecule has 1 aliphatic carbocycles. The Bertz CT molecular complexity index is 1540. The van der Waals surface area contributed by atoms with Gasteiger partial charge in [-0.25, -0.2) is 18.1 Å². The molecule has 0 spiro atoms. The van der Waals surface area contributed by atoms with Crippen LogP contribution >= 0.6 is 0 Å². The van der Waals surface area contributed by atoms with E-state index in [9.17, 15) is 8.42 Å². The molecule has 1 saturated heterocycles. The number of rotatable bonds is 9. The van der Waals surface area contributed by atoms with Crippen LogP contribution in [-0.2, 0) is 10.0 Å². The van der Waals surface area contributed by atoms with Gasteiger partial charge in [-0.3, -0.25) is 0 Å². The van der Waals surface area contributed by atoms with Crippen LogP contribution in [0.25, 0.3) is 10.9 Å². The van der Waals surface area contributed by atoms with Gasteiger partial charge in [0.15, 0.2) is 0 Å². The molecule has 6 rings (SSSR count). The van der Waals surface area contributed by atoms with Crippen LogP contribution in [0.4, 0.5) is 17.5 Å². The lowest BCUT2D eigenvalue weighted by Crippen LogP contribution is -2.47. The summed E-state index contributed by atoms with van der Waals surface area (Å²) < 4.78 is 28.0. The molecule has 1 aliphatic heterocycles. The van der Waals surface area contributed by atoms with Gasteiger partial charge in [-0.05, 0) is 73.9 Å². The molecular weight excluding hydrogens is 544 g/mol. The van der Waals surface area contributed by atoms with E-state index in [0.29, 0.717) is 29.2 Å². The third kappa shape index (κ3) is 7.02. The highest BCUT2D eigenvalue weighted by atomic mass is 32.2. The van der Waals surface area contributed by atoms with Crippen molar-refractivity contribution in [2.45, 2.75) is 38.0 Å². The summed E-state index contributed by atoms with van der Waals surface area (Å²) in [4.78, 5) is 15.0. The predicted molar refractivity (Wildman–Crippen MR) is 173 cm³/mol. The number of sulfonamides is 1. The molecule has 4 aromatic rings. The van der Waals surface area contributed by atoms with Gasteiger partial charge < -0.3 is 15.1 Å². The third-order valence-corrected chi connectivity index (χ3v) is 9.85. The molecule has 8 nitrogen and oxygen atoms in total. The van der Waals surface area contributed by atoms with E-state index in [1.54, 1.807) is 24.3 Å². The van der Waals surface area contributed by atoms with Crippen LogP contribution < -0.4 is 19.8 Å². The Morgan fingerprint density at radius 1 is 0.690 bits per heavy atom. The Labute approximate surface area is 250 Å². The maximum Gasteiger partial charge on any atom is 0.240 e. The molecule has 42 heavy (non-hydrogen) atoms. The lowest BCUT2D eigenvalue weighted by molar-refractivity contribution is 0.284. The summed E-state index contributed by atoms with van der Waals surface area (Å²) in [6.45, 7) is 5.04. The van der Waals surface area contributed by atoms with Crippen molar-refractivity contribution in [3.05, 3.63) is 84.9 Å². The summed E-state index contributed by atoms with van der Waals surface area (Å²) in [5.74, 6) is 2.56. The van der Waals surface area contributed by atoms with Crippen molar-refractivity contribution in [2.24, 2.45) is 11.8 Å². The van der Waals surface area contributed by atoms with E-state index in [1.165, 1.54) is 5.69 Å². The predicted octanol–water partition coefficient (Wildman–Crippen LogP) is 5.79. The van der Waals surface area contributed by atoms with Gasteiger partial charge in [0, 0.05) is 50.3 Å². The zero-order chi connectivity index (χ0) is 28.1. The van der Waals surface area contributed by atoms with Crippen LogP contribution in [-0.4, -0.2) is 57.7 Å². The fourth-order valence-electron chi connectivity index (χ4n) is 5.98. The Balaban J connectivity index is 0.00000353. The van der Waals surface area contributed by atoms with Gasteiger partial charge in [-0.2, -0.15) is 4.98 Å². The summed E-state index contributed by atoms with van der Waals surface area (Å²) >= 11 is 0. The second-order valence-corrected chi connectivity index (χ2v) is 12.9. The minimum atomic E-state index is -3.45. The summed E-state index contributed by atoms with van der Waals surface area (Å²) in [5.41, 5.74) is 2.23. The number of benzene rings is 3. The first-order valence-electron chi connectivity index (χ1n) is 14.7. The quantitative estimate of drug-likeness (QED) is 0.257. The molecule has 0 radical (unpaired) electrons. The number of para-hydroxylation sites is 2. The molecule has 0 atom stereocenters. The Morgan fingerprint density at radius 2 is 1.26 bits per heavy atom. The highest BCUT2D eigenvalue weighted by Gasteiger charge is 2.25. The van der Waals surface area contributed by atoms with E-state index in [-0.39, 0.29) is 7.43 Å². The summed E-state index contributed by atoms with van der Waals surface area (Å²) in [5, 5.41) is 4.63. The molecule has 1 aromatic heterocycles. The molecule has 9 heteroatoms. The van der Waals surface area contributed by atoms with Crippen LogP contribution in [0.3, 0.4) is 0 Å². The van der Waals surface area contributed by atoms with E-state index in [2.05, 4.69) is 68.4 Å². The topological polar surface area (TPSA) is 90.5 Å². The monoisotopic (exact) mass is 586 g/mol. The van der Waals surface area contributed by atoms with Gasteiger partial charge >= 0.3 is 0 Å². The van der Waals surface area contributed by atoms with Crippen LogP contribution in [0.15, 0.2) is 89.8 Å². The van der Waals surface area contributed by atoms with Crippen LogP contribution in [0.5, 0.6) is 0 Å². The highest BCUT2D eigenvalue weighted by Crippen LogP contribution is 2.30. The zero-order valence-corrected chi connectivity index (χ0v) is 24.1. The molecule has 3 aromatic carbocycles. The van der Waals surface area contributed by atoms with E-state index >= 15 is 0 Å². The number of hydrogen-bond acceptors (Lipinski definition) is 7. The lowest BCUT2D eigenvalue weighted by Gasteiger charge is -2.37. The molecule has 2 fully saturated rings. The van der Waals surface area contributed by atoms with Crippen molar-refractivity contribution >= 4 is 38.4 Å². The average molecular weight is 587 g/mol. The fraction of sp³-hybridized carbons (Fsp3) is 0.394. The summed E-state index contributed by atoms with van der Waals surface area (Å²) in [7, 11) is -3.45. The van der Waals surface area contributed by atoms with Crippen LogP contribution in [0, 0.1) is 11.8 Å². The number of nitrogens with zero attached hydrogens (tertiary/aromatic N) is 4. The van der Waals surface area contributed by atoms with Crippen molar-refractivity contribution in [1.29, 1.82) is 0 Å². The number of aromatic nitrogens is 2. The minimum absolute atomic E-state index is 0. The van der Waals surface area contributed by atoms with Crippen molar-refractivity contribution in [3.8, 4) is 0 Å². The molecule has 222 valence electrons. The zero-order valence-electron chi connectivity index (χ0n) is 23.3. The highest BCUT2D eigenvalue weighted by molar-refractivity contribution is 7.89. The van der Waals surface area contributed by atoms with E-state index in [0.717, 1.165) is 75.1 Å². The lowest BCUT2D eigenvalue weighted by atomic mass is 9.82. The standard InChI is InChI=1S/C32H38N6O2S.CH4/c39-41(40,28-11-5-2-6-12-28)34-24-26-17-15-25(16-18-26)23-33-32-35-30-14-8-7-13-29(30)31(36-32)38-21-19-37(20-22-38)27-9-3-1-4-10-27;/h1-14,25-26,34H,15-24H2,(H,33,35,36);1H4. The molecule has 1 saturated carbocycles. The molecular formula is C33H42N6O2S. The second-order valence-electron chi connectivity index (χ2n) is 11.1. The van der Waals surface area contributed by atoms with E-state index in [4.69, 9.17) is 9.97 Å². The van der Waals surface area contributed by atoms with Crippen molar-refractivity contribution in [2.75, 3.05) is 54.4 Å². The summed E-state index contributed by atoms with van der Waals surface area (Å²) in [6.07, 6.45) is 4.15. The Hall–Kier alpha value is -3.69. The van der Waals surface area contributed by atoms with Crippen LogP contribution in [0.1, 0.15) is 33.1 Å². The van der Waals surface area contributed by atoms with Gasteiger partial charge in [-0.15, -0.1) is 0 Å². The van der Waals surface area contributed by atoms with Gasteiger partial charge in [0.05, 0.1) is 10.4 Å². The normalized spacial score (nSPS) is 19.3. The van der Waals surface area contributed by atoms with Crippen molar-refractivity contribution < 1.29 is 8.42 Å². The Kier molecular flexibility index (Phi) is 9.59. The number of anilines is 3. The SMILES string of the molecule is C.O=S(=O)(NCC1CCC(CNc2nc(N3CCN(c4ccccc4)CC3)c3ccccc3n2)CC1)c1ccccc1. The minimum Gasteiger partial charge on any atom is -0.368 e. The first-order chi connectivity index (χ1) is 20.0. The molecule has 0 unspecified atom stereocenters. The largest absolute Gasteiger partial charge is 0.368 e. The Morgan fingerprint density at radius 3 is 1.95 bits per heavy atom. The van der Waals surface area contributed by atoms with Gasteiger partial charge in [-0.1, -0.05) is 56.0 Å². The maximum atomic E-state index is 12.6. The fourth-order valence-corrected chi connectivity index (χ4v) is 7.12. The van der Waals surface area contributed by atoms with Crippen molar-refractivity contribution in [3.63, 3.8) is 0 Å². The van der Waals surface area contributed by atoms with Gasteiger partial charge in [0.1, 0.15) is 5.82 Å². The van der Waals surface area contributed by atoms with E-state index in [1.807, 2.05) is 12.1 Å². The molecule has 2 heterocycles. The van der Waals surface area contributed by atoms with Crippen LogP contribution in [0.2, 0.25) is 0 Å². The first kappa shape index (κ1) is 29.8. The van der Waals surface area contributed by atoms with Gasteiger partial charge in [0.25, 0.3) is 0 Å². The third-order valence-electron chi connectivity index (χ3n) is 8.41. The van der Waals surface area contributed by atoms with Crippen molar-refractivity contribution in [1.82, 2.24) is 14.7 Å². The molecule has 0 amide bonds. The maximum absolute atomic E-state index is 12.6. The number of nitrogens with one attached hydrogen (secondary N) is 2. The van der Waals surface area contributed by atoms with Gasteiger partial charge in [0.2, 0.25) is 16.0 Å². The second kappa shape index (κ2) is 13.5. The smallest absolute Gasteiger partial charge is 0.240 e. The molecule has 0 bridgehead atoms. The number of piperazine rings is 1.